The number of aromatic nitrogens is 3. The van der Waals surface area contributed by atoms with E-state index < -0.39 is 11.7 Å². The summed E-state index contributed by atoms with van der Waals surface area (Å²) in [6.07, 6.45) is -0.759. The Hall–Kier alpha value is -4.45. The van der Waals surface area contributed by atoms with Crippen molar-refractivity contribution in [2.45, 2.75) is 19.0 Å². The molecule has 0 radical (unpaired) electrons. The van der Waals surface area contributed by atoms with Crippen LogP contribution in [0.15, 0.2) is 48.8 Å². The number of aryl methyl sites for hydroxylation is 1. The van der Waals surface area contributed by atoms with Gasteiger partial charge in [-0.25, -0.2) is 4.98 Å². The van der Waals surface area contributed by atoms with E-state index in [4.69, 9.17) is 9.47 Å². The van der Waals surface area contributed by atoms with Gasteiger partial charge in [-0.15, -0.1) is 0 Å². The molecule has 1 amide bonds. The van der Waals surface area contributed by atoms with Gasteiger partial charge < -0.3 is 19.7 Å². The van der Waals surface area contributed by atoms with Crippen molar-refractivity contribution >= 4 is 33.9 Å². The number of carbonyl (C=O) groups excluding carboxylic acids is 1. The van der Waals surface area contributed by atoms with Gasteiger partial charge >= 0.3 is 12.2 Å². The number of benzene rings is 2. The Kier molecular flexibility index (Phi) is 6.86. The second-order valence-corrected chi connectivity index (χ2v) is 9.81. The quantitative estimate of drug-likeness (QED) is 0.372. The molecule has 0 aliphatic carbocycles. The minimum Gasteiger partial charge on any atom is -0.480 e. The Labute approximate surface area is 233 Å². The van der Waals surface area contributed by atoms with Crippen LogP contribution in [0.1, 0.15) is 17.5 Å². The summed E-state index contributed by atoms with van der Waals surface area (Å²) in [7, 11) is 2.94. The first-order valence-electron chi connectivity index (χ1n) is 13.2. The van der Waals surface area contributed by atoms with Gasteiger partial charge in [-0.2, -0.15) is 18.2 Å². The molecule has 12 heteroatoms. The fraction of sp³-hybridized carbons (Fsp3) is 0.310. The van der Waals surface area contributed by atoms with Gasteiger partial charge in [0.1, 0.15) is 0 Å². The van der Waals surface area contributed by atoms with Gasteiger partial charge in [-0.05, 0) is 47.9 Å². The number of methoxy groups -OCH3 is 2. The Morgan fingerprint density at radius 1 is 0.951 bits per heavy atom. The van der Waals surface area contributed by atoms with Crippen LogP contribution >= 0.6 is 0 Å². The molecular weight excluding hydrogens is 537 g/mol. The van der Waals surface area contributed by atoms with Crippen LogP contribution in [0, 0.1) is 0 Å². The molecule has 0 spiro atoms. The number of ether oxygens (including phenoxy) is 2. The van der Waals surface area contributed by atoms with Crippen LogP contribution in [0.3, 0.4) is 0 Å². The van der Waals surface area contributed by atoms with Gasteiger partial charge in [0.25, 0.3) is 0 Å². The van der Waals surface area contributed by atoms with Crippen molar-refractivity contribution in [3.05, 3.63) is 59.9 Å². The number of anilines is 3. The summed E-state index contributed by atoms with van der Waals surface area (Å²) in [5, 5.41) is 3.78. The van der Waals surface area contributed by atoms with Gasteiger partial charge in [-0.3, -0.25) is 14.7 Å². The number of amides is 1. The van der Waals surface area contributed by atoms with E-state index in [1.165, 1.54) is 25.2 Å². The van der Waals surface area contributed by atoms with E-state index in [0.29, 0.717) is 66.2 Å². The third-order valence-corrected chi connectivity index (χ3v) is 7.42. The fourth-order valence-electron chi connectivity index (χ4n) is 5.46. The lowest BCUT2D eigenvalue weighted by atomic mass is 9.96. The predicted molar refractivity (Wildman–Crippen MR) is 148 cm³/mol. The molecule has 41 heavy (non-hydrogen) atoms. The van der Waals surface area contributed by atoms with Crippen LogP contribution in [-0.4, -0.2) is 61.3 Å². The Morgan fingerprint density at radius 3 is 2.49 bits per heavy atom. The second kappa shape index (κ2) is 10.5. The van der Waals surface area contributed by atoms with Crippen molar-refractivity contribution in [2.75, 3.05) is 50.2 Å². The maximum Gasteiger partial charge on any atom is 0.418 e. The molecule has 0 saturated carbocycles. The second-order valence-electron chi connectivity index (χ2n) is 9.81. The molecular formula is C29H27F3N6O3. The molecule has 0 bridgehead atoms. The number of hydrogen-bond donors (Lipinski definition) is 1. The van der Waals surface area contributed by atoms with E-state index in [-0.39, 0.29) is 29.7 Å². The minimum absolute atomic E-state index is 0.112. The summed E-state index contributed by atoms with van der Waals surface area (Å²) in [5.74, 6) is 0.00372. The zero-order valence-electron chi connectivity index (χ0n) is 22.5. The molecule has 0 atom stereocenters. The third-order valence-electron chi connectivity index (χ3n) is 7.42. The van der Waals surface area contributed by atoms with E-state index >= 15 is 0 Å². The van der Waals surface area contributed by atoms with E-state index in [0.717, 1.165) is 11.6 Å². The monoisotopic (exact) mass is 564 g/mol. The number of rotatable bonds is 5. The van der Waals surface area contributed by atoms with Crippen molar-refractivity contribution in [1.82, 2.24) is 20.3 Å². The SMILES string of the molecule is COc1ncc(-c2ccc3ncc4c(c3c2)N(c2ccc(N3CCNCC3)c(C(F)(F)F)c2)C(=O)CC4)c(OC)n1. The molecule has 0 unspecified atom stereocenters. The molecule has 6 rings (SSSR count). The first-order chi connectivity index (χ1) is 19.8. The lowest BCUT2D eigenvalue weighted by Crippen LogP contribution is -2.44. The van der Waals surface area contributed by atoms with Crippen molar-refractivity contribution in [1.29, 1.82) is 0 Å². The van der Waals surface area contributed by atoms with Gasteiger partial charge in [-0.1, -0.05) is 6.07 Å². The van der Waals surface area contributed by atoms with Gasteiger partial charge in [0.05, 0.1) is 36.6 Å². The molecule has 1 N–H and O–H groups in total. The number of hydrogen-bond acceptors (Lipinski definition) is 8. The first kappa shape index (κ1) is 26.8. The topological polar surface area (TPSA) is 92.7 Å². The largest absolute Gasteiger partial charge is 0.480 e. The highest BCUT2D eigenvalue weighted by Gasteiger charge is 2.37. The van der Waals surface area contributed by atoms with Gasteiger partial charge in [0.15, 0.2) is 0 Å². The highest BCUT2D eigenvalue weighted by atomic mass is 19.4. The lowest BCUT2D eigenvalue weighted by molar-refractivity contribution is -0.137. The highest BCUT2D eigenvalue weighted by Crippen LogP contribution is 2.44. The summed E-state index contributed by atoms with van der Waals surface area (Å²) in [4.78, 5) is 29.6. The molecule has 1 saturated heterocycles. The maximum atomic E-state index is 14.4. The normalized spacial score (nSPS) is 15.7. The highest BCUT2D eigenvalue weighted by molar-refractivity contribution is 6.11. The molecule has 2 aliphatic heterocycles. The molecule has 1 fully saturated rings. The Morgan fingerprint density at radius 2 is 1.76 bits per heavy atom. The summed E-state index contributed by atoms with van der Waals surface area (Å²) in [5.41, 5.74) is 2.66. The fourth-order valence-corrected chi connectivity index (χ4v) is 5.46. The van der Waals surface area contributed by atoms with E-state index in [1.54, 1.807) is 29.4 Å². The molecule has 4 aromatic rings. The number of pyridine rings is 1. The molecule has 2 aliphatic rings. The Balaban J connectivity index is 1.51. The van der Waals surface area contributed by atoms with Crippen LogP contribution in [0.4, 0.5) is 30.2 Å². The van der Waals surface area contributed by atoms with E-state index in [9.17, 15) is 18.0 Å². The smallest absolute Gasteiger partial charge is 0.418 e. The average molecular weight is 565 g/mol. The number of alkyl halides is 3. The molecule has 2 aromatic heterocycles. The van der Waals surface area contributed by atoms with Crippen molar-refractivity contribution in [3.8, 4) is 23.0 Å². The minimum atomic E-state index is -4.60. The van der Waals surface area contributed by atoms with Crippen LogP contribution in [0.25, 0.3) is 22.0 Å². The summed E-state index contributed by atoms with van der Waals surface area (Å²) >= 11 is 0. The molecule has 2 aromatic carbocycles. The lowest BCUT2D eigenvalue weighted by Gasteiger charge is -2.34. The van der Waals surface area contributed by atoms with Crippen LogP contribution < -0.4 is 24.6 Å². The number of carbonyl (C=O) groups is 1. The Bertz CT molecular complexity index is 1640. The zero-order chi connectivity index (χ0) is 28.7. The zero-order valence-corrected chi connectivity index (χ0v) is 22.5. The molecule has 212 valence electrons. The average Bonchev–Trinajstić information content (AvgIpc) is 3.00. The maximum absolute atomic E-state index is 14.4. The van der Waals surface area contributed by atoms with E-state index in [1.807, 2.05) is 12.1 Å². The summed E-state index contributed by atoms with van der Waals surface area (Å²) in [6.45, 7) is 2.13. The number of nitrogens with zero attached hydrogens (tertiary/aromatic N) is 5. The van der Waals surface area contributed by atoms with Crippen molar-refractivity contribution < 1.29 is 27.4 Å². The van der Waals surface area contributed by atoms with Crippen LogP contribution in [-0.2, 0) is 17.4 Å². The summed E-state index contributed by atoms with van der Waals surface area (Å²) in [6, 6.07) is 9.75. The number of nitrogens with one attached hydrogen (secondary N) is 1. The number of halogens is 3. The van der Waals surface area contributed by atoms with Crippen LogP contribution in [0.2, 0.25) is 0 Å². The molecule has 4 heterocycles. The number of piperazine rings is 1. The van der Waals surface area contributed by atoms with Crippen molar-refractivity contribution in [3.63, 3.8) is 0 Å². The summed E-state index contributed by atoms with van der Waals surface area (Å²) < 4.78 is 53.7. The van der Waals surface area contributed by atoms with Gasteiger partial charge in [0.2, 0.25) is 11.8 Å². The standard InChI is InChI=1S/C29H27F3N6O3/c1-40-27-21(16-35-28(36-27)41-2)17-3-6-23-20(13-17)26-18(15-34-23)4-8-25(39)38(26)19-5-7-24(22(14-19)29(30,31)32)37-11-9-33-10-12-37/h3,5-7,13-16,33H,4,8-12H2,1-2H3. The molecule has 9 nitrogen and oxygen atoms in total. The number of fused-ring (bicyclic) bond motifs is 3. The predicted octanol–water partition coefficient (Wildman–Crippen LogP) is 4.75. The van der Waals surface area contributed by atoms with Gasteiger partial charge in [0, 0.05) is 61.8 Å². The third kappa shape index (κ3) is 4.88. The first-order valence-corrected chi connectivity index (χ1v) is 13.2. The van der Waals surface area contributed by atoms with Crippen LogP contribution in [0.5, 0.6) is 11.9 Å². The van der Waals surface area contributed by atoms with E-state index in [2.05, 4.69) is 20.3 Å². The van der Waals surface area contributed by atoms with Crippen molar-refractivity contribution in [2.24, 2.45) is 0 Å².